The summed E-state index contributed by atoms with van der Waals surface area (Å²) in [5, 5.41) is 1.50. The third-order valence-corrected chi connectivity index (χ3v) is 2.97. The molecule has 2 aromatic carbocycles. The van der Waals surface area contributed by atoms with Crippen LogP contribution in [0.3, 0.4) is 0 Å². The first-order chi connectivity index (χ1) is 8.06. The Kier molecular flexibility index (Phi) is 2.97. The number of hydrogen-bond acceptors (Lipinski definition) is 0. The largest absolute Gasteiger partial charge is 0.204 e. The minimum Gasteiger partial charge on any atom is -0.204 e. The number of rotatable bonds is 2. The van der Waals surface area contributed by atoms with Gasteiger partial charge < -0.3 is 0 Å². The average Bonchev–Trinajstić information content (AvgIpc) is 2.30. The van der Waals surface area contributed by atoms with Crippen molar-refractivity contribution in [2.45, 2.75) is 20.3 Å². The number of fused-ring (bicyclic) bond motifs is 1. The Hall–Kier alpha value is -1.70. The summed E-state index contributed by atoms with van der Waals surface area (Å²) >= 11 is 0. The Morgan fingerprint density at radius 3 is 2.59 bits per heavy atom. The lowest BCUT2D eigenvalue weighted by molar-refractivity contribution is 0.503. The smallest absolute Gasteiger partial charge is 0.162 e. The second-order valence-electron chi connectivity index (χ2n) is 4.19. The number of benzene rings is 2. The molecule has 0 saturated heterocycles. The molecule has 0 aromatic heterocycles. The van der Waals surface area contributed by atoms with E-state index >= 15 is 0 Å². The minimum absolute atomic E-state index is 0.429. The summed E-state index contributed by atoms with van der Waals surface area (Å²) in [5.41, 5.74) is 2.17. The summed E-state index contributed by atoms with van der Waals surface area (Å²) in [5.74, 6) is -1.53. The van der Waals surface area contributed by atoms with Crippen molar-refractivity contribution in [1.29, 1.82) is 0 Å². The molecule has 0 amide bonds. The molecule has 17 heavy (non-hydrogen) atoms. The molecule has 0 spiro atoms. The van der Waals surface area contributed by atoms with E-state index in [0.29, 0.717) is 12.0 Å². The van der Waals surface area contributed by atoms with Crippen LogP contribution >= 0.6 is 0 Å². The molecule has 0 aliphatic heterocycles. The summed E-state index contributed by atoms with van der Waals surface area (Å²) in [6, 6.07) is 6.77. The molecule has 0 aliphatic carbocycles. The van der Waals surface area contributed by atoms with Crippen molar-refractivity contribution >= 4 is 16.3 Å². The molecule has 2 aromatic rings. The van der Waals surface area contributed by atoms with E-state index in [1.165, 1.54) is 6.07 Å². The summed E-state index contributed by atoms with van der Waals surface area (Å²) in [7, 11) is 0. The maximum absolute atomic E-state index is 13.8. The number of halogens is 2. The van der Waals surface area contributed by atoms with E-state index in [-0.39, 0.29) is 0 Å². The lowest BCUT2D eigenvalue weighted by atomic mass is 9.94. The fourth-order valence-electron chi connectivity index (χ4n) is 2.17. The van der Waals surface area contributed by atoms with Crippen LogP contribution in [0.1, 0.15) is 25.0 Å². The highest BCUT2D eigenvalue weighted by Gasteiger charge is 2.14. The normalized spacial score (nSPS) is 10.8. The van der Waals surface area contributed by atoms with Gasteiger partial charge in [-0.2, -0.15) is 0 Å². The first kappa shape index (κ1) is 11.8. The van der Waals surface area contributed by atoms with Crippen LogP contribution in [0.5, 0.6) is 0 Å². The molecular formula is C15H14F2. The highest BCUT2D eigenvalue weighted by atomic mass is 19.2. The molecule has 0 atom stereocenters. The van der Waals surface area contributed by atoms with Crippen LogP contribution in [0.25, 0.3) is 16.3 Å². The fourth-order valence-corrected chi connectivity index (χ4v) is 2.17. The second-order valence-corrected chi connectivity index (χ2v) is 4.19. The first-order valence-corrected chi connectivity index (χ1v) is 5.61. The Balaban J connectivity index is 2.97. The molecule has 2 rings (SSSR count). The van der Waals surface area contributed by atoms with E-state index in [2.05, 4.69) is 6.58 Å². The van der Waals surface area contributed by atoms with E-state index in [4.69, 9.17) is 0 Å². The van der Waals surface area contributed by atoms with Gasteiger partial charge in [-0.1, -0.05) is 37.3 Å². The van der Waals surface area contributed by atoms with Crippen molar-refractivity contribution in [1.82, 2.24) is 0 Å². The van der Waals surface area contributed by atoms with Crippen molar-refractivity contribution < 1.29 is 8.78 Å². The fraction of sp³-hybridized carbons (Fsp3) is 0.200. The van der Waals surface area contributed by atoms with Crippen LogP contribution in [-0.2, 0) is 6.42 Å². The lowest BCUT2D eigenvalue weighted by Crippen LogP contribution is -1.97. The van der Waals surface area contributed by atoms with Crippen LogP contribution in [0, 0.1) is 11.6 Å². The summed E-state index contributed by atoms with van der Waals surface area (Å²) < 4.78 is 27.2. The molecule has 0 heterocycles. The van der Waals surface area contributed by atoms with Gasteiger partial charge in [0, 0.05) is 0 Å². The van der Waals surface area contributed by atoms with Gasteiger partial charge in [0.15, 0.2) is 11.6 Å². The summed E-state index contributed by atoms with van der Waals surface area (Å²) in [6.07, 6.45) is 0.463. The molecule has 0 N–H and O–H groups in total. The SMILES string of the molecule is C=C(C)c1cccc2cc(F)c(F)c(CC)c12. The highest BCUT2D eigenvalue weighted by molar-refractivity contribution is 5.95. The summed E-state index contributed by atoms with van der Waals surface area (Å²) in [6.45, 7) is 7.58. The number of allylic oxidation sites excluding steroid dienone is 1. The van der Waals surface area contributed by atoms with Gasteiger partial charge in [0.05, 0.1) is 0 Å². The Bertz CT molecular complexity index is 597. The predicted molar refractivity (Wildman–Crippen MR) is 68.0 cm³/mol. The van der Waals surface area contributed by atoms with Gasteiger partial charge in [-0.05, 0) is 41.3 Å². The van der Waals surface area contributed by atoms with Gasteiger partial charge in [-0.3, -0.25) is 0 Å². The predicted octanol–water partition coefficient (Wildman–Crippen LogP) is 4.71. The van der Waals surface area contributed by atoms with Crippen LogP contribution in [0.2, 0.25) is 0 Å². The molecular weight excluding hydrogens is 218 g/mol. The molecule has 2 heteroatoms. The number of hydrogen-bond donors (Lipinski definition) is 0. The zero-order chi connectivity index (χ0) is 12.6. The first-order valence-electron chi connectivity index (χ1n) is 5.61. The van der Waals surface area contributed by atoms with Gasteiger partial charge >= 0.3 is 0 Å². The van der Waals surface area contributed by atoms with Crippen LogP contribution < -0.4 is 0 Å². The van der Waals surface area contributed by atoms with Gasteiger partial charge in [-0.25, -0.2) is 8.78 Å². The highest BCUT2D eigenvalue weighted by Crippen LogP contribution is 2.30. The molecule has 0 bridgehead atoms. The standard InChI is InChI=1S/C15H14F2/c1-4-11-14-10(8-13(16)15(11)17)6-5-7-12(14)9(2)3/h5-8H,2,4H2,1,3H3. The molecule has 0 fully saturated rings. The molecule has 88 valence electrons. The molecule has 0 saturated carbocycles. The third-order valence-electron chi connectivity index (χ3n) is 2.97. The van der Waals surface area contributed by atoms with E-state index in [0.717, 1.165) is 21.9 Å². The topological polar surface area (TPSA) is 0 Å². The average molecular weight is 232 g/mol. The van der Waals surface area contributed by atoms with Crippen molar-refractivity contribution in [2.24, 2.45) is 0 Å². The van der Waals surface area contributed by atoms with E-state index in [1.54, 1.807) is 6.07 Å². The minimum atomic E-state index is -0.784. The van der Waals surface area contributed by atoms with Gasteiger partial charge in [0.1, 0.15) is 0 Å². The van der Waals surface area contributed by atoms with E-state index < -0.39 is 11.6 Å². The van der Waals surface area contributed by atoms with E-state index in [9.17, 15) is 8.78 Å². The van der Waals surface area contributed by atoms with Crippen molar-refractivity contribution in [2.75, 3.05) is 0 Å². The van der Waals surface area contributed by atoms with Crippen molar-refractivity contribution in [3.63, 3.8) is 0 Å². The lowest BCUT2D eigenvalue weighted by Gasteiger charge is -2.12. The summed E-state index contributed by atoms with van der Waals surface area (Å²) in [4.78, 5) is 0. The van der Waals surface area contributed by atoms with Crippen molar-refractivity contribution in [3.8, 4) is 0 Å². The van der Waals surface area contributed by atoms with Gasteiger partial charge in [0.2, 0.25) is 0 Å². The quantitative estimate of drug-likeness (QED) is 0.703. The van der Waals surface area contributed by atoms with Crippen LogP contribution in [0.4, 0.5) is 8.78 Å². The van der Waals surface area contributed by atoms with Gasteiger partial charge in [-0.15, -0.1) is 0 Å². The second kappa shape index (κ2) is 4.28. The molecule has 0 nitrogen and oxygen atoms in total. The van der Waals surface area contributed by atoms with Crippen LogP contribution in [-0.4, -0.2) is 0 Å². The van der Waals surface area contributed by atoms with Crippen molar-refractivity contribution in [3.05, 3.63) is 53.6 Å². The van der Waals surface area contributed by atoms with Gasteiger partial charge in [0.25, 0.3) is 0 Å². The number of aryl methyl sites for hydroxylation is 1. The van der Waals surface area contributed by atoms with Crippen LogP contribution in [0.15, 0.2) is 30.8 Å². The molecule has 0 radical (unpaired) electrons. The Labute approximate surface area is 99.6 Å². The Morgan fingerprint density at radius 1 is 1.29 bits per heavy atom. The molecule has 0 aliphatic rings. The zero-order valence-electron chi connectivity index (χ0n) is 9.98. The Morgan fingerprint density at radius 2 is 2.00 bits per heavy atom. The monoisotopic (exact) mass is 232 g/mol. The maximum atomic E-state index is 13.8. The maximum Gasteiger partial charge on any atom is 0.162 e. The van der Waals surface area contributed by atoms with E-state index in [1.807, 2.05) is 26.0 Å². The molecule has 0 unspecified atom stereocenters. The third kappa shape index (κ3) is 1.84. The zero-order valence-corrected chi connectivity index (χ0v) is 9.98.